The van der Waals surface area contributed by atoms with E-state index in [4.69, 9.17) is 4.84 Å². The van der Waals surface area contributed by atoms with Gasteiger partial charge in [0.25, 0.3) is 15.9 Å². The van der Waals surface area contributed by atoms with Gasteiger partial charge in [0.15, 0.2) is 0 Å². The maximum atomic E-state index is 12.1. The molecule has 1 amide bonds. The third-order valence-corrected chi connectivity index (χ3v) is 5.36. The molecule has 0 radical (unpaired) electrons. The number of carbonyl (C=O) groups excluding carboxylic acids is 1. The number of sulfonamides is 1. The highest BCUT2D eigenvalue weighted by molar-refractivity contribution is 9.10. The van der Waals surface area contributed by atoms with Crippen LogP contribution in [0.5, 0.6) is 0 Å². The van der Waals surface area contributed by atoms with Crippen LogP contribution in [-0.4, -0.2) is 39.0 Å². The van der Waals surface area contributed by atoms with Crippen LogP contribution >= 0.6 is 15.9 Å². The molecule has 8 heteroatoms. The predicted octanol–water partition coefficient (Wildman–Crippen LogP) is 1.52. The van der Waals surface area contributed by atoms with Crippen LogP contribution in [-0.2, 0) is 14.9 Å². The van der Waals surface area contributed by atoms with Crippen LogP contribution in [0.25, 0.3) is 0 Å². The minimum Gasteiger partial charge on any atom is -0.349 e. The van der Waals surface area contributed by atoms with E-state index in [9.17, 15) is 13.2 Å². The number of benzene rings is 1. The van der Waals surface area contributed by atoms with Crippen LogP contribution in [0.4, 0.5) is 0 Å². The Morgan fingerprint density at radius 1 is 1.45 bits per heavy atom. The number of hydrogen-bond donors (Lipinski definition) is 1. The Morgan fingerprint density at radius 3 is 2.65 bits per heavy atom. The van der Waals surface area contributed by atoms with Gasteiger partial charge in [-0.3, -0.25) is 9.63 Å². The van der Waals surface area contributed by atoms with E-state index in [1.807, 2.05) is 0 Å². The molecule has 1 aromatic rings. The van der Waals surface area contributed by atoms with Gasteiger partial charge in [-0.25, -0.2) is 8.42 Å². The van der Waals surface area contributed by atoms with Crippen molar-refractivity contribution in [1.82, 2.24) is 9.79 Å². The first-order valence-electron chi connectivity index (χ1n) is 5.99. The van der Waals surface area contributed by atoms with Crippen molar-refractivity contribution in [2.24, 2.45) is 0 Å². The second kappa shape index (κ2) is 5.80. The molecule has 1 aliphatic carbocycles. The number of amides is 1. The van der Waals surface area contributed by atoms with Crippen LogP contribution in [0.1, 0.15) is 23.2 Å². The summed E-state index contributed by atoms with van der Waals surface area (Å²) in [7, 11) is -1.21. The van der Waals surface area contributed by atoms with Crippen molar-refractivity contribution >= 4 is 31.9 Å². The van der Waals surface area contributed by atoms with Gasteiger partial charge < -0.3 is 5.32 Å². The minimum absolute atomic E-state index is 0.00555. The van der Waals surface area contributed by atoms with Crippen molar-refractivity contribution in [3.05, 3.63) is 28.2 Å². The van der Waals surface area contributed by atoms with Gasteiger partial charge in [0.2, 0.25) is 0 Å². The Balaban J connectivity index is 2.35. The van der Waals surface area contributed by atoms with E-state index in [1.54, 1.807) is 0 Å². The molecule has 2 rings (SSSR count). The molecule has 20 heavy (non-hydrogen) atoms. The van der Waals surface area contributed by atoms with Gasteiger partial charge in [0, 0.05) is 17.6 Å². The lowest BCUT2D eigenvalue weighted by molar-refractivity contribution is -0.0258. The summed E-state index contributed by atoms with van der Waals surface area (Å²) < 4.78 is 25.6. The summed E-state index contributed by atoms with van der Waals surface area (Å²) in [5.74, 6) is -0.281. The average molecular weight is 363 g/mol. The van der Waals surface area contributed by atoms with Gasteiger partial charge in [-0.1, -0.05) is 4.47 Å². The number of hydrogen-bond acceptors (Lipinski definition) is 4. The van der Waals surface area contributed by atoms with E-state index in [0.717, 1.165) is 17.3 Å². The standard InChI is InChI=1S/C12H15BrN2O4S/c1-15(19-2)20(17,18)9-5-6-11(13)10(7-9)12(16)14-8-3-4-8/h5-8H,3-4H2,1-2H3,(H,14,16). The molecule has 1 N–H and O–H groups in total. The SMILES string of the molecule is CON(C)S(=O)(=O)c1ccc(Br)c(C(=O)NC2CC2)c1. The number of rotatable bonds is 5. The van der Waals surface area contributed by atoms with Crippen molar-refractivity contribution in [3.63, 3.8) is 0 Å². The quantitative estimate of drug-likeness (QED) is 0.805. The maximum Gasteiger partial charge on any atom is 0.264 e. The normalized spacial score (nSPS) is 15.4. The molecule has 110 valence electrons. The Morgan fingerprint density at radius 2 is 2.10 bits per heavy atom. The molecule has 0 bridgehead atoms. The van der Waals surface area contributed by atoms with Gasteiger partial charge in [-0.15, -0.1) is 0 Å². The fourth-order valence-corrected chi connectivity index (χ4v) is 3.00. The zero-order valence-electron chi connectivity index (χ0n) is 11.1. The first kappa shape index (κ1) is 15.4. The topological polar surface area (TPSA) is 75.7 Å². The summed E-state index contributed by atoms with van der Waals surface area (Å²) in [6, 6.07) is 4.50. The average Bonchev–Trinajstić information content (AvgIpc) is 3.21. The Bertz CT molecular complexity index is 628. The fraction of sp³-hybridized carbons (Fsp3) is 0.417. The summed E-state index contributed by atoms with van der Waals surface area (Å²) in [5.41, 5.74) is 0.294. The molecule has 0 unspecified atom stereocenters. The van der Waals surface area contributed by atoms with Crippen LogP contribution < -0.4 is 5.32 Å². The molecule has 0 atom stereocenters. The van der Waals surface area contributed by atoms with Crippen molar-refractivity contribution in [3.8, 4) is 0 Å². The Kier molecular flexibility index (Phi) is 4.48. The van der Waals surface area contributed by atoms with E-state index in [-0.39, 0.29) is 16.8 Å². The smallest absolute Gasteiger partial charge is 0.264 e. The molecule has 1 aromatic carbocycles. The summed E-state index contributed by atoms with van der Waals surface area (Å²) in [6.45, 7) is 0. The van der Waals surface area contributed by atoms with Crippen molar-refractivity contribution in [2.75, 3.05) is 14.2 Å². The summed E-state index contributed by atoms with van der Waals surface area (Å²) in [5, 5.41) is 2.82. The van der Waals surface area contributed by atoms with Crippen LogP contribution in [0, 0.1) is 0 Å². The van der Waals surface area contributed by atoms with E-state index in [2.05, 4.69) is 21.2 Å². The summed E-state index contributed by atoms with van der Waals surface area (Å²) >= 11 is 3.26. The first-order chi connectivity index (χ1) is 9.36. The monoisotopic (exact) mass is 362 g/mol. The molecule has 1 fully saturated rings. The summed E-state index contributed by atoms with van der Waals surface area (Å²) in [6.07, 6.45) is 1.93. The lowest BCUT2D eigenvalue weighted by Gasteiger charge is -2.15. The summed E-state index contributed by atoms with van der Waals surface area (Å²) in [4.78, 5) is 16.8. The highest BCUT2D eigenvalue weighted by Crippen LogP contribution is 2.25. The zero-order chi connectivity index (χ0) is 14.9. The van der Waals surface area contributed by atoms with E-state index < -0.39 is 10.0 Å². The van der Waals surface area contributed by atoms with E-state index >= 15 is 0 Å². The van der Waals surface area contributed by atoms with Gasteiger partial charge >= 0.3 is 0 Å². The number of hydroxylamine groups is 1. The van der Waals surface area contributed by atoms with Gasteiger partial charge in [0.1, 0.15) is 0 Å². The van der Waals surface area contributed by atoms with Gasteiger partial charge in [0.05, 0.1) is 17.6 Å². The van der Waals surface area contributed by atoms with Gasteiger partial charge in [-0.2, -0.15) is 0 Å². The molecule has 0 heterocycles. The molecular formula is C12H15BrN2O4S. The number of nitrogens with zero attached hydrogens (tertiary/aromatic N) is 1. The van der Waals surface area contributed by atoms with E-state index in [0.29, 0.717) is 10.0 Å². The third kappa shape index (κ3) is 3.20. The molecule has 6 nitrogen and oxygen atoms in total. The maximum absolute atomic E-state index is 12.1. The Hall–Kier alpha value is -0.960. The second-order valence-electron chi connectivity index (χ2n) is 4.49. The van der Waals surface area contributed by atoms with E-state index in [1.165, 1.54) is 32.4 Å². The van der Waals surface area contributed by atoms with Crippen LogP contribution in [0.2, 0.25) is 0 Å². The lowest BCUT2D eigenvalue weighted by atomic mass is 10.2. The number of carbonyl (C=O) groups is 1. The number of nitrogens with one attached hydrogen (secondary N) is 1. The molecule has 1 saturated carbocycles. The van der Waals surface area contributed by atoms with Crippen LogP contribution in [0.15, 0.2) is 27.6 Å². The zero-order valence-corrected chi connectivity index (χ0v) is 13.5. The Labute approximate surface area is 126 Å². The van der Waals surface area contributed by atoms with Crippen molar-refractivity contribution in [1.29, 1.82) is 0 Å². The van der Waals surface area contributed by atoms with Crippen molar-refractivity contribution < 1.29 is 18.0 Å². The first-order valence-corrected chi connectivity index (χ1v) is 8.23. The second-order valence-corrected chi connectivity index (χ2v) is 7.28. The molecule has 0 aromatic heterocycles. The highest BCUT2D eigenvalue weighted by atomic mass is 79.9. The largest absolute Gasteiger partial charge is 0.349 e. The van der Waals surface area contributed by atoms with Gasteiger partial charge in [-0.05, 0) is 47.0 Å². The van der Waals surface area contributed by atoms with Crippen LogP contribution in [0.3, 0.4) is 0 Å². The number of halogens is 1. The molecule has 1 aliphatic rings. The third-order valence-electron chi connectivity index (χ3n) is 2.99. The molecule has 0 saturated heterocycles. The minimum atomic E-state index is -3.76. The van der Waals surface area contributed by atoms with Crippen molar-refractivity contribution in [2.45, 2.75) is 23.8 Å². The highest BCUT2D eigenvalue weighted by Gasteiger charge is 2.27. The molecule has 0 spiro atoms. The fourth-order valence-electron chi connectivity index (χ4n) is 1.58. The molecule has 0 aliphatic heterocycles. The lowest BCUT2D eigenvalue weighted by Crippen LogP contribution is -2.28. The predicted molar refractivity (Wildman–Crippen MR) is 76.6 cm³/mol. The molecular weight excluding hydrogens is 348 g/mol.